The van der Waals surface area contributed by atoms with E-state index in [1.165, 1.54) is 5.56 Å². The number of halogens is 1. The van der Waals surface area contributed by atoms with Crippen LogP contribution in [0.4, 0.5) is 0 Å². The molecule has 2 aromatic rings. The molecule has 0 radical (unpaired) electrons. The van der Waals surface area contributed by atoms with Crippen molar-refractivity contribution in [2.24, 2.45) is 4.99 Å². The van der Waals surface area contributed by atoms with Gasteiger partial charge in [-0.25, -0.2) is 4.98 Å². The Morgan fingerprint density at radius 1 is 1.08 bits per heavy atom. The molecular formula is C18H25IN4O2. The van der Waals surface area contributed by atoms with E-state index in [9.17, 15) is 0 Å². The van der Waals surface area contributed by atoms with Crippen molar-refractivity contribution < 1.29 is 9.47 Å². The van der Waals surface area contributed by atoms with Crippen molar-refractivity contribution >= 4 is 29.9 Å². The van der Waals surface area contributed by atoms with Crippen molar-refractivity contribution in [2.75, 3.05) is 27.8 Å². The predicted molar refractivity (Wildman–Crippen MR) is 111 cm³/mol. The molecule has 0 unspecified atom stereocenters. The van der Waals surface area contributed by atoms with Gasteiger partial charge < -0.3 is 20.1 Å². The monoisotopic (exact) mass is 456 g/mol. The maximum atomic E-state index is 5.25. The van der Waals surface area contributed by atoms with Crippen LogP contribution in [0.5, 0.6) is 11.6 Å². The van der Waals surface area contributed by atoms with Crippen molar-refractivity contribution in [1.29, 1.82) is 0 Å². The first-order valence-electron chi connectivity index (χ1n) is 7.82. The summed E-state index contributed by atoms with van der Waals surface area (Å²) >= 11 is 0. The van der Waals surface area contributed by atoms with E-state index in [4.69, 9.17) is 9.47 Å². The molecular weight excluding hydrogens is 431 g/mol. The molecule has 0 amide bonds. The standard InChI is InChI=1S/C18H24N4O2.HI/c1-19-18(22-13-15-5-4-11-20-17(15)24-3)21-12-10-14-6-8-16(23-2)9-7-14;/h4-9,11H,10,12-13H2,1-3H3,(H2,19,21,22);1H. The second-order valence-corrected chi connectivity index (χ2v) is 5.12. The van der Waals surface area contributed by atoms with E-state index < -0.39 is 0 Å². The second kappa shape index (κ2) is 11.5. The summed E-state index contributed by atoms with van der Waals surface area (Å²) in [5, 5.41) is 6.56. The van der Waals surface area contributed by atoms with Gasteiger partial charge in [-0.2, -0.15) is 0 Å². The van der Waals surface area contributed by atoms with Gasteiger partial charge >= 0.3 is 0 Å². The lowest BCUT2D eigenvalue weighted by atomic mass is 10.1. The minimum atomic E-state index is 0. The van der Waals surface area contributed by atoms with Gasteiger partial charge in [0.15, 0.2) is 5.96 Å². The third-order valence-corrected chi connectivity index (χ3v) is 3.58. The van der Waals surface area contributed by atoms with Crippen LogP contribution in [0.15, 0.2) is 47.6 Å². The highest BCUT2D eigenvalue weighted by atomic mass is 127. The van der Waals surface area contributed by atoms with Gasteiger partial charge in [0.25, 0.3) is 0 Å². The van der Waals surface area contributed by atoms with Gasteiger partial charge in [0.1, 0.15) is 5.75 Å². The van der Waals surface area contributed by atoms with E-state index in [-0.39, 0.29) is 24.0 Å². The van der Waals surface area contributed by atoms with Gasteiger partial charge in [-0.1, -0.05) is 18.2 Å². The van der Waals surface area contributed by atoms with Gasteiger partial charge in [0.2, 0.25) is 5.88 Å². The van der Waals surface area contributed by atoms with Crippen molar-refractivity contribution in [3.05, 3.63) is 53.7 Å². The summed E-state index contributed by atoms with van der Waals surface area (Å²) in [7, 11) is 5.04. The van der Waals surface area contributed by atoms with E-state index in [1.807, 2.05) is 24.3 Å². The molecule has 1 heterocycles. The number of aromatic nitrogens is 1. The van der Waals surface area contributed by atoms with Gasteiger partial charge in [0.05, 0.1) is 14.2 Å². The van der Waals surface area contributed by atoms with Crippen LogP contribution in [0.2, 0.25) is 0 Å². The van der Waals surface area contributed by atoms with E-state index >= 15 is 0 Å². The number of benzene rings is 1. The minimum absolute atomic E-state index is 0. The van der Waals surface area contributed by atoms with Gasteiger partial charge in [-0.3, -0.25) is 4.99 Å². The number of rotatable bonds is 7. The van der Waals surface area contributed by atoms with Crippen LogP contribution >= 0.6 is 24.0 Å². The molecule has 0 aliphatic rings. The largest absolute Gasteiger partial charge is 0.497 e. The molecule has 0 saturated carbocycles. The summed E-state index contributed by atoms with van der Waals surface area (Å²) in [4.78, 5) is 8.41. The van der Waals surface area contributed by atoms with Crippen molar-refractivity contribution in [1.82, 2.24) is 15.6 Å². The molecule has 0 aliphatic heterocycles. The molecule has 6 nitrogen and oxygen atoms in total. The number of methoxy groups -OCH3 is 2. The fourth-order valence-corrected chi connectivity index (χ4v) is 2.26. The number of pyridine rings is 1. The lowest BCUT2D eigenvalue weighted by Gasteiger charge is -2.13. The Balaban J connectivity index is 0.00000312. The Hall–Kier alpha value is -2.03. The number of hydrogen-bond donors (Lipinski definition) is 2. The minimum Gasteiger partial charge on any atom is -0.497 e. The zero-order valence-electron chi connectivity index (χ0n) is 14.8. The number of nitrogens with zero attached hydrogens (tertiary/aromatic N) is 2. The third-order valence-electron chi connectivity index (χ3n) is 3.58. The van der Waals surface area contributed by atoms with Crippen LogP contribution < -0.4 is 20.1 Å². The third kappa shape index (κ3) is 6.77. The van der Waals surface area contributed by atoms with Crippen LogP contribution in [-0.2, 0) is 13.0 Å². The fourth-order valence-electron chi connectivity index (χ4n) is 2.26. The number of aliphatic imine (C=N–C) groups is 1. The summed E-state index contributed by atoms with van der Waals surface area (Å²) < 4.78 is 10.4. The van der Waals surface area contributed by atoms with Crippen LogP contribution in [0.3, 0.4) is 0 Å². The number of ether oxygens (including phenoxy) is 2. The van der Waals surface area contributed by atoms with Crippen LogP contribution in [0.25, 0.3) is 0 Å². The molecule has 0 saturated heterocycles. The molecule has 25 heavy (non-hydrogen) atoms. The predicted octanol–water partition coefficient (Wildman–Crippen LogP) is 2.62. The van der Waals surface area contributed by atoms with E-state index in [0.29, 0.717) is 12.4 Å². The molecule has 0 atom stereocenters. The SMILES string of the molecule is CN=C(NCCc1ccc(OC)cc1)NCc1cccnc1OC.I. The highest BCUT2D eigenvalue weighted by Gasteiger charge is 2.04. The Kier molecular flexibility index (Phi) is 9.68. The van der Waals surface area contributed by atoms with E-state index in [2.05, 4.69) is 32.7 Å². The Morgan fingerprint density at radius 2 is 1.84 bits per heavy atom. The Bertz CT molecular complexity index is 662. The van der Waals surface area contributed by atoms with Gasteiger partial charge in [0, 0.05) is 31.9 Å². The van der Waals surface area contributed by atoms with Crippen LogP contribution in [0.1, 0.15) is 11.1 Å². The van der Waals surface area contributed by atoms with Crippen molar-refractivity contribution in [2.45, 2.75) is 13.0 Å². The molecule has 0 aliphatic carbocycles. The number of guanidine groups is 1. The molecule has 1 aromatic heterocycles. The summed E-state index contributed by atoms with van der Waals surface area (Å²) in [6, 6.07) is 11.9. The Labute approximate surface area is 166 Å². The maximum absolute atomic E-state index is 5.25. The lowest BCUT2D eigenvalue weighted by Crippen LogP contribution is -2.37. The fraction of sp³-hybridized carbons (Fsp3) is 0.333. The molecule has 0 fully saturated rings. The van der Waals surface area contributed by atoms with E-state index in [1.54, 1.807) is 27.5 Å². The summed E-state index contributed by atoms with van der Waals surface area (Å²) in [6.07, 6.45) is 2.62. The zero-order chi connectivity index (χ0) is 17.2. The van der Waals surface area contributed by atoms with Crippen molar-refractivity contribution in [3.63, 3.8) is 0 Å². The summed E-state index contributed by atoms with van der Waals surface area (Å²) in [5.41, 5.74) is 2.23. The smallest absolute Gasteiger partial charge is 0.218 e. The van der Waals surface area contributed by atoms with Gasteiger partial charge in [-0.15, -0.1) is 24.0 Å². The first-order valence-corrected chi connectivity index (χ1v) is 7.82. The second-order valence-electron chi connectivity index (χ2n) is 5.12. The summed E-state index contributed by atoms with van der Waals surface area (Å²) in [6.45, 7) is 1.38. The van der Waals surface area contributed by atoms with Crippen molar-refractivity contribution in [3.8, 4) is 11.6 Å². The quantitative estimate of drug-likeness (QED) is 0.381. The van der Waals surface area contributed by atoms with E-state index in [0.717, 1.165) is 30.2 Å². The molecule has 2 N–H and O–H groups in total. The highest BCUT2D eigenvalue weighted by Crippen LogP contribution is 2.13. The zero-order valence-corrected chi connectivity index (χ0v) is 17.1. The average Bonchev–Trinajstić information content (AvgIpc) is 2.65. The van der Waals surface area contributed by atoms with Gasteiger partial charge in [-0.05, 0) is 30.2 Å². The van der Waals surface area contributed by atoms with Crippen LogP contribution in [0, 0.1) is 0 Å². The van der Waals surface area contributed by atoms with Crippen LogP contribution in [-0.4, -0.2) is 38.8 Å². The molecule has 1 aromatic carbocycles. The first kappa shape index (κ1) is 21.0. The molecule has 7 heteroatoms. The normalized spacial score (nSPS) is 10.6. The molecule has 2 rings (SSSR count). The summed E-state index contributed by atoms with van der Waals surface area (Å²) in [5.74, 6) is 2.24. The lowest BCUT2D eigenvalue weighted by molar-refractivity contribution is 0.392. The topological polar surface area (TPSA) is 67.8 Å². The molecule has 0 spiro atoms. The highest BCUT2D eigenvalue weighted by molar-refractivity contribution is 14.0. The number of hydrogen-bond acceptors (Lipinski definition) is 4. The average molecular weight is 456 g/mol. The number of nitrogens with one attached hydrogen (secondary N) is 2. The maximum Gasteiger partial charge on any atom is 0.218 e. The Morgan fingerprint density at radius 3 is 2.48 bits per heavy atom. The first-order chi connectivity index (χ1) is 11.8. The molecule has 136 valence electrons. The molecule has 0 bridgehead atoms.